The number of hydrogen-bond acceptors (Lipinski definition) is 3. The molecule has 0 fully saturated rings. The first-order valence-electron chi connectivity index (χ1n) is 5.67. The number of aryl methyl sites for hydroxylation is 2. The summed E-state index contributed by atoms with van der Waals surface area (Å²) in [7, 11) is 0. The van der Waals surface area contributed by atoms with E-state index in [0.29, 0.717) is 13.2 Å². The van der Waals surface area contributed by atoms with E-state index in [1.54, 1.807) is 0 Å². The van der Waals surface area contributed by atoms with Gasteiger partial charge in [0.1, 0.15) is 23.9 Å². The second kappa shape index (κ2) is 5.06. The Morgan fingerprint density at radius 2 is 2.06 bits per heavy atom. The molecule has 0 bridgehead atoms. The molecule has 1 heterocycles. The molecule has 0 saturated heterocycles. The van der Waals surface area contributed by atoms with Crippen molar-refractivity contribution in [2.45, 2.75) is 27.0 Å². The smallest absolute Gasteiger partial charge is 0.146 e. The van der Waals surface area contributed by atoms with Gasteiger partial charge in [-0.25, -0.2) is 0 Å². The van der Waals surface area contributed by atoms with Crippen molar-refractivity contribution in [3.63, 3.8) is 0 Å². The second-order valence-electron chi connectivity index (χ2n) is 4.10. The first-order valence-corrected chi connectivity index (χ1v) is 5.67. The van der Waals surface area contributed by atoms with E-state index in [2.05, 4.69) is 0 Å². The summed E-state index contributed by atoms with van der Waals surface area (Å²) in [6.07, 6.45) is 0. The Labute approximate surface area is 101 Å². The number of rotatable bonds is 4. The van der Waals surface area contributed by atoms with Crippen LogP contribution in [0.1, 0.15) is 22.6 Å². The third-order valence-electron chi connectivity index (χ3n) is 2.66. The minimum Gasteiger partial charge on any atom is -0.486 e. The number of ether oxygens (including phenoxy) is 1. The SMILES string of the molecule is Cc1cccc(OCc2cc(CN)c(C)o2)c1. The fourth-order valence-electron chi connectivity index (χ4n) is 1.72. The molecule has 2 aromatic rings. The lowest BCUT2D eigenvalue weighted by Gasteiger charge is -2.04. The summed E-state index contributed by atoms with van der Waals surface area (Å²) in [5.41, 5.74) is 7.81. The van der Waals surface area contributed by atoms with Crippen molar-refractivity contribution in [3.8, 4) is 5.75 Å². The zero-order valence-corrected chi connectivity index (χ0v) is 10.2. The third kappa shape index (κ3) is 2.88. The third-order valence-corrected chi connectivity index (χ3v) is 2.66. The van der Waals surface area contributed by atoms with Crippen LogP contribution in [0, 0.1) is 13.8 Å². The number of nitrogens with two attached hydrogens (primary N) is 1. The molecule has 0 aliphatic carbocycles. The maximum absolute atomic E-state index is 5.65. The van der Waals surface area contributed by atoms with Gasteiger partial charge in [0.25, 0.3) is 0 Å². The molecular formula is C14H17NO2. The Morgan fingerprint density at radius 3 is 2.71 bits per heavy atom. The Kier molecular flexibility index (Phi) is 3.49. The standard InChI is InChI=1S/C14H17NO2/c1-10-4-3-5-13(6-10)16-9-14-7-12(8-15)11(2)17-14/h3-7H,8-9,15H2,1-2H3. The van der Waals surface area contributed by atoms with Crippen molar-refractivity contribution in [1.82, 2.24) is 0 Å². The minimum absolute atomic E-state index is 0.435. The highest BCUT2D eigenvalue weighted by molar-refractivity contribution is 5.28. The van der Waals surface area contributed by atoms with E-state index in [1.165, 1.54) is 5.56 Å². The molecule has 0 saturated carbocycles. The molecule has 1 aromatic heterocycles. The van der Waals surface area contributed by atoms with E-state index >= 15 is 0 Å². The number of furan rings is 1. The van der Waals surface area contributed by atoms with Gasteiger partial charge in [-0.15, -0.1) is 0 Å². The second-order valence-corrected chi connectivity index (χ2v) is 4.10. The first kappa shape index (κ1) is 11.7. The van der Waals surface area contributed by atoms with Crippen molar-refractivity contribution in [2.75, 3.05) is 0 Å². The molecule has 17 heavy (non-hydrogen) atoms. The fraction of sp³-hybridized carbons (Fsp3) is 0.286. The van der Waals surface area contributed by atoms with Crippen molar-refractivity contribution in [3.05, 3.63) is 53.0 Å². The van der Waals surface area contributed by atoms with Crippen molar-refractivity contribution >= 4 is 0 Å². The zero-order valence-electron chi connectivity index (χ0n) is 10.2. The van der Waals surface area contributed by atoms with Crippen LogP contribution in [0.5, 0.6) is 5.75 Å². The van der Waals surface area contributed by atoms with E-state index in [0.717, 1.165) is 22.8 Å². The highest BCUT2D eigenvalue weighted by Gasteiger charge is 2.06. The topological polar surface area (TPSA) is 48.4 Å². The van der Waals surface area contributed by atoms with Gasteiger partial charge in [0.2, 0.25) is 0 Å². The van der Waals surface area contributed by atoms with E-state index in [1.807, 2.05) is 44.2 Å². The highest BCUT2D eigenvalue weighted by Crippen LogP contribution is 2.18. The van der Waals surface area contributed by atoms with E-state index in [9.17, 15) is 0 Å². The van der Waals surface area contributed by atoms with Gasteiger partial charge < -0.3 is 14.9 Å². The molecule has 0 radical (unpaired) electrons. The van der Waals surface area contributed by atoms with Gasteiger partial charge in [-0.1, -0.05) is 12.1 Å². The van der Waals surface area contributed by atoms with Crippen molar-refractivity contribution in [1.29, 1.82) is 0 Å². The summed E-state index contributed by atoms with van der Waals surface area (Å²) < 4.78 is 11.2. The van der Waals surface area contributed by atoms with Crippen molar-refractivity contribution in [2.24, 2.45) is 5.73 Å². The molecule has 0 spiro atoms. The van der Waals surface area contributed by atoms with E-state index in [-0.39, 0.29) is 0 Å². The van der Waals surface area contributed by atoms with Gasteiger partial charge in [0.05, 0.1) is 0 Å². The predicted molar refractivity (Wildman–Crippen MR) is 66.8 cm³/mol. The van der Waals surface area contributed by atoms with Crippen LogP contribution in [-0.2, 0) is 13.2 Å². The Hall–Kier alpha value is -1.74. The molecule has 0 amide bonds. The van der Waals surface area contributed by atoms with Gasteiger partial charge >= 0.3 is 0 Å². The van der Waals surface area contributed by atoms with Gasteiger partial charge in [-0.05, 0) is 37.6 Å². The molecule has 2 N–H and O–H groups in total. The monoisotopic (exact) mass is 231 g/mol. The van der Waals surface area contributed by atoms with E-state index in [4.69, 9.17) is 14.9 Å². The molecule has 2 rings (SSSR count). The maximum Gasteiger partial charge on any atom is 0.146 e. The maximum atomic E-state index is 5.65. The summed E-state index contributed by atoms with van der Waals surface area (Å²) >= 11 is 0. The lowest BCUT2D eigenvalue weighted by atomic mass is 10.2. The van der Waals surface area contributed by atoms with Crippen LogP contribution in [0.15, 0.2) is 34.7 Å². The van der Waals surface area contributed by atoms with Crippen LogP contribution in [0.25, 0.3) is 0 Å². The van der Waals surface area contributed by atoms with E-state index < -0.39 is 0 Å². The highest BCUT2D eigenvalue weighted by atomic mass is 16.5. The molecule has 0 atom stereocenters. The normalized spacial score (nSPS) is 10.5. The lowest BCUT2D eigenvalue weighted by Crippen LogP contribution is -1.96. The summed E-state index contributed by atoms with van der Waals surface area (Å²) in [5, 5.41) is 0. The molecule has 1 aromatic carbocycles. The molecule has 0 aliphatic rings. The predicted octanol–water partition coefficient (Wildman–Crippen LogP) is 2.93. The quantitative estimate of drug-likeness (QED) is 0.880. The number of benzene rings is 1. The summed E-state index contributed by atoms with van der Waals surface area (Å²) in [4.78, 5) is 0. The Balaban J connectivity index is 2.02. The molecule has 0 unspecified atom stereocenters. The molecule has 0 aliphatic heterocycles. The van der Waals surface area contributed by atoms with Crippen LogP contribution >= 0.6 is 0 Å². The summed E-state index contributed by atoms with van der Waals surface area (Å²) in [6, 6.07) is 9.90. The summed E-state index contributed by atoms with van der Waals surface area (Å²) in [6.45, 7) is 4.89. The van der Waals surface area contributed by atoms with Gasteiger partial charge in [0.15, 0.2) is 0 Å². The van der Waals surface area contributed by atoms with Crippen molar-refractivity contribution < 1.29 is 9.15 Å². The average molecular weight is 231 g/mol. The Bertz CT molecular complexity index is 503. The first-order chi connectivity index (χ1) is 8.19. The minimum atomic E-state index is 0.435. The molecule has 3 nitrogen and oxygen atoms in total. The molecular weight excluding hydrogens is 214 g/mol. The van der Waals surface area contributed by atoms with Crippen LogP contribution in [0.4, 0.5) is 0 Å². The molecule has 3 heteroatoms. The summed E-state index contributed by atoms with van der Waals surface area (Å²) in [5.74, 6) is 2.54. The number of hydrogen-bond donors (Lipinski definition) is 1. The largest absolute Gasteiger partial charge is 0.486 e. The van der Waals surface area contributed by atoms with Crippen LogP contribution in [-0.4, -0.2) is 0 Å². The lowest BCUT2D eigenvalue weighted by molar-refractivity contribution is 0.267. The Morgan fingerprint density at radius 1 is 1.24 bits per heavy atom. The molecule has 90 valence electrons. The van der Waals surface area contributed by atoms with Gasteiger partial charge in [-0.3, -0.25) is 0 Å². The van der Waals surface area contributed by atoms with Gasteiger partial charge in [0, 0.05) is 12.1 Å². The fourth-order valence-corrected chi connectivity index (χ4v) is 1.72. The van der Waals surface area contributed by atoms with Crippen LogP contribution < -0.4 is 10.5 Å². The zero-order chi connectivity index (χ0) is 12.3. The van der Waals surface area contributed by atoms with Crippen LogP contribution in [0.2, 0.25) is 0 Å². The van der Waals surface area contributed by atoms with Crippen LogP contribution in [0.3, 0.4) is 0 Å². The average Bonchev–Trinajstić information content (AvgIpc) is 2.67. The van der Waals surface area contributed by atoms with Gasteiger partial charge in [-0.2, -0.15) is 0 Å².